The summed E-state index contributed by atoms with van der Waals surface area (Å²) in [5, 5.41) is 0. The molecule has 16 heavy (non-hydrogen) atoms. The average molecular weight is 218 g/mol. The van der Waals surface area contributed by atoms with Gasteiger partial charge in [-0.15, -0.1) is 0 Å². The highest BCUT2D eigenvalue weighted by Gasteiger charge is 2.07. The van der Waals surface area contributed by atoms with Crippen molar-refractivity contribution < 1.29 is 4.74 Å². The Bertz CT molecular complexity index is 352. The maximum atomic E-state index is 5.49. The van der Waals surface area contributed by atoms with E-state index in [4.69, 9.17) is 4.74 Å². The predicted molar refractivity (Wildman–Crippen MR) is 70.2 cm³/mol. The van der Waals surface area contributed by atoms with Crippen LogP contribution in [0.25, 0.3) is 0 Å². The smallest absolute Gasteiger partial charge is 0.119 e. The van der Waals surface area contributed by atoms with Crippen LogP contribution in [0.5, 0.6) is 5.75 Å². The third-order valence-corrected chi connectivity index (χ3v) is 2.81. The number of hydrogen-bond acceptors (Lipinski definition) is 1. The summed E-state index contributed by atoms with van der Waals surface area (Å²) in [6.45, 7) is 9.23. The van der Waals surface area contributed by atoms with Crippen molar-refractivity contribution in [3.63, 3.8) is 0 Å². The molecule has 1 unspecified atom stereocenters. The number of hydrogen-bond donors (Lipinski definition) is 0. The Morgan fingerprint density at radius 2 is 2.12 bits per heavy atom. The Labute approximate surface area is 99.1 Å². The highest BCUT2D eigenvalue weighted by atomic mass is 16.5. The van der Waals surface area contributed by atoms with Crippen molar-refractivity contribution in [2.75, 3.05) is 6.61 Å². The molecule has 1 aromatic carbocycles. The van der Waals surface area contributed by atoms with Crippen molar-refractivity contribution in [2.45, 2.75) is 40.0 Å². The van der Waals surface area contributed by atoms with Crippen molar-refractivity contribution in [1.82, 2.24) is 0 Å². The summed E-state index contributed by atoms with van der Waals surface area (Å²) in [7, 11) is 0. The first kappa shape index (κ1) is 12.8. The standard InChI is InChI=1S/C15H22O/c1-5-7-8-12(3)15-10-9-14(16-6-2)11-13(15)4/h5,7,9-12H,6,8H2,1-4H3/b7-5-. The van der Waals surface area contributed by atoms with E-state index in [1.807, 2.05) is 6.92 Å². The zero-order valence-electron chi connectivity index (χ0n) is 10.8. The van der Waals surface area contributed by atoms with Gasteiger partial charge in [0.05, 0.1) is 6.61 Å². The third-order valence-electron chi connectivity index (χ3n) is 2.81. The Kier molecular flexibility index (Phi) is 5.10. The van der Waals surface area contributed by atoms with Crippen LogP contribution in [0, 0.1) is 6.92 Å². The fourth-order valence-electron chi connectivity index (χ4n) is 1.92. The summed E-state index contributed by atoms with van der Waals surface area (Å²) in [5.74, 6) is 1.55. The van der Waals surface area contributed by atoms with Gasteiger partial charge in [0.1, 0.15) is 5.75 Å². The molecule has 88 valence electrons. The van der Waals surface area contributed by atoms with Crippen molar-refractivity contribution >= 4 is 0 Å². The molecule has 1 nitrogen and oxygen atoms in total. The van der Waals surface area contributed by atoms with Crippen LogP contribution in [-0.2, 0) is 0 Å². The van der Waals surface area contributed by atoms with Crippen molar-refractivity contribution in [1.29, 1.82) is 0 Å². The lowest BCUT2D eigenvalue weighted by Crippen LogP contribution is -1.97. The fourth-order valence-corrected chi connectivity index (χ4v) is 1.92. The molecule has 1 aromatic rings. The monoisotopic (exact) mass is 218 g/mol. The summed E-state index contributed by atoms with van der Waals surface area (Å²) in [5.41, 5.74) is 2.74. The molecule has 0 heterocycles. The summed E-state index contributed by atoms with van der Waals surface area (Å²) in [6.07, 6.45) is 5.44. The summed E-state index contributed by atoms with van der Waals surface area (Å²) in [6, 6.07) is 6.39. The molecule has 0 saturated heterocycles. The molecule has 0 aromatic heterocycles. The first-order valence-corrected chi connectivity index (χ1v) is 6.03. The molecule has 0 amide bonds. The average Bonchev–Trinajstić information content (AvgIpc) is 2.26. The van der Waals surface area contributed by atoms with Crippen LogP contribution in [0.4, 0.5) is 0 Å². The van der Waals surface area contributed by atoms with Gasteiger partial charge in [-0.05, 0) is 56.4 Å². The van der Waals surface area contributed by atoms with E-state index in [0.29, 0.717) is 5.92 Å². The molecule has 1 atom stereocenters. The lowest BCUT2D eigenvalue weighted by molar-refractivity contribution is 0.340. The molecule has 0 spiro atoms. The van der Waals surface area contributed by atoms with Crippen LogP contribution < -0.4 is 4.74 Å². The fraction of sp³-hybridized carbons (Fsp3) is 0.467. The minimum Gasteiger partial charge on any atom is -0.494 e. The van der Waals surface area contributed by atoms with Gasteiger partial charge in [0, 0.05) is 0 Å². The second kappa shape index (κ2) is 6.37. The maximum Gasteiger partial charge on any atom is 0.119 e. The van der Waals surface area contributed by atoms with Crippen molar-refractivity contribution in [2.24, 2.45) is 0 Å². The molecule has 1 heteroatoms. The number of benzene rings is 1. The molecule has 0 N–H and O–H groups in total. The lowest BCUT2D eigenvalue weighted by atomic mass is 9.93. The van der Waals surface area contributed by atoms with Crippen LogP contribution in [-0.4, -0.2) is 6.61 Å². The molecular weight excluding hydrogens is 196 g/mol. The van der Waals surface area contributed by atoms with E-state index in [2.05, 4.69) is 51.1 Å². The van der Waals surface area contributed by atoms with E-state index >= 15 is 0 Å². The maximum absolute atomic E-state index is 5.49. The van der Waals surface area contributed by atoms with Crippen LogP contribution >= 0.6 is 0 Å². The minimum absolute atomic E-state index is 0.576. The van der Waals surface area contributed by atoms with Gasteiger partial charge in [-0.1, -0.05) is 25.1 Å². The number of ether oxygens (including phenoxy) is 1. The Morgan fingerprint density at radius 1 is 1.38 bits per heavy atom. The first-order chi connectivity index (χ1) is 7.69. The van der Waals surface area contributed by atoms with Gasteiger partial charge in [0.15, 0.2) is 0 Å². The summed E-state index contributed by atoms with van der Waals surface area (Å²) < 4.78 is 5.49. The largest absolute Gasteiger partial charge is 0.494 e. The zero-order valence-corrected chi connectivity index (χ0v) is 10.8. The molecule has 0 aliphatic carbocycles. The highest BCUT2D eigenvalue weighted by Crippen LogP contribution is 2.26. The second-order valence-corrected chi connectivity index (χ2v) is 4.16. The SMILES string of the molecule is C/C=C\CC(C)c1ccc(OCC)cc1C. The Morgan fingerprint density at radius 3 is 2.69 bits per heavy atom. The van der Waals surface area contributed by atoms with E-state index in [-0.39, 0.29) is 0 Å². The first-order valence-electron chi connectivity index (χ1n) is 6.03. The van der Waals surface area contributed by atoms with Crippen molar-refractivity contribution in [3.8, 4) is 5.75 Å². The molecule has 0 bridgehead atoms. The van der Waals surface area contributed by atoms with Gasteiger partial charge in [-0.3, -0.25) is 0 Å². The molecule has 1 rings (SSSR count). The highest BCUT2D eigenvalue weighted by molar-refractivity contribution is 5.36. The van der Waals surface area contributed by atoms with Gasteiger partial charge >= 0.3 is 0 Å². The normalized spacial score (nSPS) is 13.0. The van der Waals surface area contributed by atoms with Gasteiger partial charge in [0.25, 0.3) is 0 Å². The topological polar surface area (TPSA) is 9.23 Å². The molecule has 0 aliphatic heterocycles. The predicted octanol–water partition coefficient (Wildman–Crippen LogP) is 4.46. The van der Waals surface area contributed by atoms with Crippen LogP contribution in [0.3, 0.4) is 0 Å². The zero-order chi connectivity index (χ0) is 12.0. The van der Waals surface area contributed by atoms with Gasteiger partial charge in [0.2, 0.25) is 0 Å². The molecule has 0 radical (unpaired) electrons. The Hall–Kier alpha value is -1.24. The number of allylic oxidation sites excluding steroid dienone is 2. The van der Waals surface area contributed by atoms with Crippen LogP contribution in [0.1, 0.15) is 44.2 Å². The van der Waals surface area contributed by atoms with E-state index in [0.717, 1.165) is 18.8 Å². The molecule has 0 fully saturated rings. The second-order valence-electron chi connectivity index (χ2n) is 4.16. The van der Waals surface area contributed by atoms with E-state index < -0.39 is 0 Å². The van der Waals surface area contributed by atoms with Gasteiger partial charge in [-0.25, -0.2) is 0 Å². The van der Waals surface area contributed by atoms with Gasteiger partial charge in [-0.2, -0.15) is 0 Å². The molecule has 0 saturated carbocycles. The third kappa shape index (κ3) is 3.41. The number of aryl methyl sites for hydroxylation is 1. The van der Waals surface area contributed by atoms with Crippen molar-refractivity contribution in [3.05, 3.63) is 41.5 Å². The molecular formula is C15H22O. The Balaban J connectivity index is 2.81. The summed E-state index contributed by atoms with van der Waals surface area (Å²) >= 11 is 0. The molecule has 0 aliphatic rings. The quantitative estimate of drug-likeness (QED) is 0.663. The lowest BCUT2D eigenvalue weighted by Gasteiger charge is -2.14. The summed E-state index contributed by atoms with van der Waals surface area (Å²) in [4.78, 5) is 0. The van der Waals surface area contributed by atoms with E-state index in [9.17, 15) is 0 Å². The van der Waals surface area contributed by atoms with E-state index in [1.165, 1.54) is 11.1 Å². The van der Waals surface area contributed by atoms with Crippen LogP contribution in [0.2, 0.25) is 0 Å². The number of rotatable bonds is 5. The van der Waals surface area contributed by atoms with Gasteiger partial charge < -0.3 is 4.74 Å². The van der Waals surface area contributed by atoms with E-state index in [1.54, 1.807) is 0 Å². The van der Waals surface area contributed by atoms with Crippen LogP contribution in [0.15, 0.2) is 30.4 Å². The minimum atomic E-state index is 0.576.